The van der Waals surface area contributed by atoms with Gasteiger partial charge in [-0.05, 0) is 60.4 Å². The van der Waals surface area contributed by atoms with Crippen molar-refractivity contribution in [3.63, 3.8) is 0 Å². The van der Waals surface area contributed by atoms with Crippen molar-refractivity contribution in [1.82, 2.24) is 0 Å². The minimum Gasteiger partial charge on any atom is -0.427 e. The van der Waals surface area contributed by atoms with Gasteiger partial charge in [-0.3, -0.25) is 4.79 Å². The summed E-state index contributed by atoms with van der Waals surface area (Å²) in [6.07, 6.45) is 3.76. The van der Waals surface area contributed by atoms with Gasteiger partial charge in [-0.25, -0.2) is 0 Å². The van der Waals surface area contributed by atoms with Crippen molar-refractivity contribution < 1.29 is 9.53 Å². The van der Waals surface area contributed by atoms with Crippen LogP contribution >= 0.6 is 0 Å². The first kappa shape index (κ1) is 17.2. The van der Waals surface area contributed by atoms with Crippen molar-refractivity contribution in [2.24, 2.45) is 11.8 Å². The van der Waals surface area contributed by atoms with Gasteiger partial charge in [0.15, 0.2) is 0 Å². The molecule has 1 fully saturated rings. The van der Waals surface area contributed by atoms with Crippen LogP contribution in [-0.2, 0) is 4.79 Å². The molecule has 2 aromatic carbocycles. The van der Waals surface area contributed by atoms with Gasteiger partial charge in [0.05, 0.1) is 11.6 Å². The predicted molar refractivity (Wildman–Crippen MR) is 97.1 cm³/mol. The standard InChI is InChI=1S/C22H23NO2/c1-2-17-12-13-20(18-10-8-16(15-23)9-11-18)21(17)14-22(24)25-19-6-4-3-5-7-19/h3-11,17,20-21H,2,12-14H2,1H3. The molecule has 0 aromatic heterocycles. The highest BCUT2D eigenvalue weighted by atomic mass is 16.5. The molecule has 0 spiro atoms. The molecule has 0 aliphatic heterocycles. The Kier molecular flexibility index (Phi) is 5.50. The summed E-state index contributed by atoms with van der Waals surface area (Å²) in [5.41, 5.74) is 1.90. The number of hydrogen-bond acceptors (Lipinski definition) is 3. The topological polar surface area (TPSA) is 50.1 Å². The fourth-order valence-corrected chi connectivity index (χ4v) is 4.04. The van der Waals surface area contributed by atoms with Gasteiger partial charge in [0.2, 0.25) is 0 Å². The summed E-state index contributed by atoms with van der Waals surface area (Å²) in [6.45, 7) is 2.20. The van der Waals surface area contributed by atoms with Gasteiger partial charge < -0.3 is 4.74 Å². The van der Waals surface area contributed by atoms with Crippen molar-refractivity contribution in [3.8, 4) is 11.8 Å². The molecule has 3 heteroatoms. The molecule has 3 unspecified atom stereocenters. The van der Waals surface area contributed by atoms with Crippen molar-refractivity contribution in [2.45, 2.75) is 38.5 Å². The van der Waals surface area contributed by atoms with Gasteiger partial charge in [-0.1, -0.05) is 43.7 Å². The molecule has 0 saturated heterocycles. The Bertz CT molecular complexity index is 746. The average Bonchev–Trinajstić information content (AvgIpc) is 3.05. The SMILES string of the molecule is CCC1CCC(c2ccc(C#N)cc2)C1CC(=O)Oc1ccccc1. The number of ether oxygens (including phenoxy) is 1. The second-order valence-electron chi connectivity index (χ2n) is 6.74. The lowest BCUT2D eigenvalue weighted by Gasteiger charge is -2.24. The highest BCUT2D eigenvalue weighted by molar-refractivity contribution is 5.72. The van der Waals surface area contributed by atoms with E-state index < -0.39 is 0 Å². The van der Waals surface area contributed by atoms with Crippen LogP contribution in [0.15, 0.2) is 54.6 Å². The van der Waals surface area contributed by atoms with Crippen molar-refractivity contribution in [1.29, 1.82) is 5.26 Å². The van der Waals surface area contributed by atoms with Gasteiger partial charge >= 0.3 is 5.97 Å². The summed E-state index contributed by atoms with van der Waals surface area (Å²) in [7, 11) is 0. The van der Waals surface area contributed by atoms with E-state index in [1.165, 1.54) is 5.56 Å². The van der Waals surface area contributed by atoms with E-state index in [0.717, 1.165) is 19.3 Å². The van der Waals surface area contributed by atoms with Crippen LogP contribution in [0.2, 0.25) is 0 Å². The summed E-state index contributed by atoms with van der Waals surface area (Å²) in [5, 5.41) is 8.97. The molecule has 2 aromatic rings. The normalized spacial score (nSPS) is 22.3. The molecule has 1 aliphatic rings. The molecule has 1 aliphatic carbocycles. The number of esters is 1. The molecule has 3 rings (SSSR count). The fraction of sp³-hybridized carbons (Fsp3) is 0.364. The van der Waals surface area contributed by atoms with Crippen LogP contribution in [0.3, 0.4) is 0 Å². The average molecular weight is 333 g/mol. The number of rotatable bonds is 5. The fourth-order valence-electron chi connectivity index (χ4n) is 4.04. The largest absolute Gasteiger partial charge is 0.427 e. The van der Waals surface area contributed by atoms with Crippen LogP contribution < -0.4 is 4.74 Å². The molecule has 0 bridgehead atoms. The predicted octanol–water partition coefficient (Wildman–Crippen LogP) is 5.07. The minimum atomic E-state index is -0.157. The summed E-state index contributed by atoms with van der Waals surface area (Å²) in [5.74, 6) is 1.66. The molecular formula is C22H23NO2. The molecule has 25 heavy (non-hydrogen) atoms. The summed E-state index contributed by atoms with van der Waals surface area (Å²) >= 11 is 0. The number of benzene rings is 2. The Balaban J connectivity index is 1.73. The third-order valence-corrected chi connectivity index (χ3v) is 5.34. The zero-order valence-corrected chi connectivity index (χ0v) is 14.5. The first-order chi connectivity index (χ1) is 12.2. The molecule has 0 N–H and O–H groups in total. The van der Waals surface area contributed by atoms with Crippen LogP contribution in [-0.4, -0.2) is 5.97 Å². The van der Waals surface area contributed by atoms with Gasteiger partial charge in [-0.15, -0.1) is 0 Å². The monoisotopic (exact) mass is 333 g/mol. The molecule has 128 valence electrons. The molecule has 3 nitrogen and oxygen atoms in total. The molecule has 3 atom stereocenters. The van der Waals surface area contributed by atoms with E-state index in [2.05, 4.69) is 13.0 Å². The zero-order chi connectivity index (χ0) is 17.6. The van der Waals surface area contributed by atoms with Crippen LogP contribution in [0.4, 0.5) is 0 Å². The van der Waals surface area contributed by atoms with Crippen LogP contribution in [0.5, 0.6) is 5.75 Å². The number of hydrogen-bond donors (Lipinski definition) is 0. The maximum Gasteiger partial charge on any atom is 0.311 e. The van der Waals surface area contributed by atoms with Crippen molar-refractivity contribution in [2.75, 3.05) is 0 Å². The maximum absolute atomic E-state index is 12.4. The maximum atomic E-state index is 12.4. The van der Waals surface area contributed by atoms with E-state index in [1.54, 1.807) is 0 Å². The highest BCUT2D eigenvalue weighted by Crippen LogP contribution is 2.46. The lowest BCUT2D eigenvalue weighted by molar-refractivity contribution is -0.135. The zero-order valence-electron chi connectivity index (χ0n) is 14.5. The molecule has 0 radical (unpaired) electrons. The number of nitriles is 1. The van der Waals surface area contributed by atoms with E-state index in [0.29, 0.717) is 35.5 Å². The summed E-state index contributed by atoms with van der Waals surface area (Å²) in [4.78, 5) is 12.4. The van der Waals surface area contributed by atoms with E-state index in [-0.39, 0.29) is 5.97 Å². The second-order valence-corrected chi connectivity index (χ2v) is 6.74. The number of carbonyl (C=O) groups excluding carboxylic acids is 1. The summed E-state index contributed by atoms with van der Waals surface area (Å²) < 4.78 is 5.51. The van der Waals surface area contributed by atoms with Crippen LogP contribution in [0.1, 0.15) is 49.7 Å². The molecule has 0 amide bonds. The Morgan fingerprint density at radius 2 is 1.84 bits per heavy atom. The van der Waals surface area contributed by atoms with Crippen molar-refractivity contribution >= 4 is 5.97 Å². The number of carbonyl (C=O) groups is 1. The third-order valence-electron chi connectivity index (χ3n) is 5.34. The number of nitrogens with zero attached hydrogens (tertiary/aromatic N) is 1. The molecular weight excluding hydrogens is 310 g/mol. The summed E-state index contributed by atoms with van der Waals surface area (Å²) in [6, 6.07) is 19.2. The Morgan fingerprint density at radius 1 is 1.12 bits per heavy atom. The first-order valence-corrected chi connectivity index (χ1v) is 8.97. The minimum absolute atomic E-state index is 0.157. The Morgan fingerprint density at radius 3 is 2.48 bits per heavy atom. The van der Waals surface area contributed by atoms with Crippen LogP contribution in [0, 0.1) is 23.2 Å². The Labute approximate surface area is 149 Å². The highest BCUT2D eigenvalue weighted by Gasteiger charge is 2.37. The van der Waals surface area contributed by atoms with E-state index >= 15 is 0 Å². The van der Waals surface area contributed by atoms with Crippen LogP contribution in [0.25, 0.3) is 0 Å². The lowest BCUT2D eigenvalue weighted by Crippen LogP contribution is -2.21. The van der Waals surface area contributed by atoms with Gasteiger partial charge in [-0.2, -0.15) is 5.26 Å². The van der Waals surface area contributed by atoms with Gasteiger partial charge in [0, 0.05) is 6.42 Å². The first-order valence-electron chi connectivity index (χ1n) is 8.97. The smallest absolute Gasteiger partial charge is 0.311 e. The molecule has 1 saturated carbocycles. The molecule has 0 heterocycles. The Hall–Kier alpha value is -2.60. The van der Waals surface area contributed by atoms with Gasteiger partial charge in [0.1, 0.15) is 5.75 Å². The van der Waals surface area contributed by atoms with Gasteiger partial charge in [0.25, 0.3) is 0 Å². The second kappa shape index (κ2) is 7.98. The third kappa shape index (κ3) is 4.09. The van der Waals surface area contributed by atoms with E-state index in [4.69, 9.17) is 10.00 Å². The van der Waals surface area contributed by atoms with E-state index in [1.807, 2.05) is 54.6 Å². The van der Waals surface area contributed by atoms with E-state index in [9.17, 15) is 4.79 Å². The number of para-hydroxylation sites is 1. The van der Waals surface area contributed by atoms with Crippen molar-refractivity contribution in [3.05, 3.63) is 65.7 Å². The quantitative estimate of drug-likeness (QED) is 0.567. The lowest BCUT2D eigenvalue weighted by atomic mass is 9.81.